The van der Waals surface area contributed by atoms with Crippen molar-refractivity contribution in [3.63, 3.8) is 0 Å². The Morgan fingerprint density at radius 3 is 2.56 bits per heavy atom. The van der Waals surface area contributed by atoms with E-state index in [9.17, 15) is 5.11 Å². The number of aliphatic hydroxyl groups is 1. The van der Waals surface area contributed by atoms with Gasteiger partial charge in [0.2, 0.25) is 0 Å². The molecule has 4 nitrogen and oxygen atoms in total. The lowest BCUT2D eigenvalue weighted by molar-refractivity contribution is 0.131. The molecule has 1 rings (SSSR count). The molecule has 0 bridgehead atoms. The zero-order valence-electron chi connectivity index (χ0n) is 11.3. The lowest BCUT2D eigenvalue weighted by Gasteiger charge is -2.18. The zero-order chi connectivity index (χ0) is 13.4. The maximum atomic E-state index is 9.23. The first-order valence-corrected chi connectivity index (χ1v) is 6.40. The maximum Gasteiger partial charge on any atom is 0.119 e. The van der Waals surface area contributed by atoms with Crippen molar-refractivity contribution in [2.75, 3.05) is 33.3 Å². The number of nitrogens with zero attached hydrogens (tertiary/aromatic N) is 1. The predicted molar refractivity (Wildman–Crippen MR) is 73.9 cm³/mol. The topological polar surface area (TPSA) is 58.7 Å². The molecule has 3 N–H and O–H groups in total. The third-order valence-corrected chi connectivity index (χ3v) is 2.67. The SMILES string of the molecule is CC(O)CN(C)CCOc1ccc(CCN)cc1. The molecule has 102 valence electrons. The van der Waals surface area contributed by atoms with Crippen LogP contribution in [0.2, 0.25) is 0 Å². The van der Waals surface area contributed by atoms with Crippen LogP contribution >= 0.6 is 0 Å². The molecule has 0 aliphatic heterocycles. The molecular weight excluding hydrogens is 228 g/mol. The fraction of sp³-hybridized carbons (Fsp3) is 0.571. The number of likely N-dealkylation sites (N-methyl/N-ethyl adjacent to an activating group) is 1. The first-order chi connectivity index (χ1) is 8.61. The molecule has 0 radical (unpaired) electrons. The van der Waals surface area contributed by atoms with Gasteiger partial charge >= 0.3 is 0 Å². The fourth-order valence-electron chi connectivity index (χ4n) is 1.78. The van der Waals surface area contributed by atoms with Crippen molar-refractivity contribution in [2.45, 2.75) is 19.4 Å². The minimum Gasteiger partial charge on any atom is -0.492 e. The van der Waals surface area contributed by atoms with Crippen LogP contribution in [0.4, 0.5) is 0 Å². The summed E-state index contributed by atoms with van der Waals surface area (Å²) in [7, 11) is 1.97. The van der Waals surface area contributed by atoms with Crippen LogP contribution in [0.15, 0.2) is 24.3 Å². The highest BCUT2D eigenvalue weighted by Gasteiger charge is 2.02. The predicted octanol–water partition coefficient (Wildman–Crippen LogP) is 0.879. The monoisotopic (exact) mass is 252 g/mol. The lowest BCUT2D eigenvalue weighted by Crippen LogP contribution is -2.30. The largest absolute Gasteiger partial charge is 0.492 e. The summed E-state index contributed by atoms with van der Waals surface area (Å²) in [6.45, 7) is 4.55. The van der Waals surface area contributed by atoms with E-state index in [0.717, 1.165) is 18.7 Å². The second-order valence-corrected chi connectivity index (χ2v) is 4.64. The van der Waals surface area contributed by atoms with E-state index in [-0.39, 0.29) is 6.10 Å². The number of nitrogens with two attached hydrogens (primary N) is 1. The number of hydrogen-bond donors (Lipinski definition) is 2. The molecule has 18 heavy (non-hydrogen) atoms. The Kier molecular flexibility index (Phi) is 6.72. The van der Waals surface area contributed by atoms with Gasteiger partial charge in [0.25, 0.3) is 0 Å². The molecule has 1 unspecified atom stereocenters. The molecule has 0 heterocycles. The van der Waals surface area contributed by atoms with Crippen molar-refractivity contribution in [1.29, 1.82) is 0 Å². The molecule has 0 saturated carbocycles. The molecule has 0 aliphatic carbocycles. The van der Waals surface area contributed by atoms with Gasteiger partial charge in [-0.1, -0.05) is 12.1 Å². The van der Waals surface area contributed by atoms with Crippen LogP contribution in [-0.4, -0.2) is 49.4 Å². The summed E-state index contributed by atoms with van der Waals surface area (Å²) in [5.41, 5.74) is 6.73. The van der Waals surface area contributed by atoms with Gasteiger partial charge in [0.15, 0.2) is 0 Å². The average molecular weight is 252 g/mol. The summed E-state index contributed by atoms with van der Waals surface area (Å²) in [4.78, 5) is 2.05. The van der Waals surface area contributed by atoms with Crippen LogP contribution in [0.5, 0.6) is 5.75 Å². The number of rotatable bonds is 8. The molecule has 0 fully saturated rings. The van der Waals surface area contributed by atoms with E-state index in [1.54, 1.807) is 6.92 Å². The first-order valence-electron chi connectivity index (χ1n) is 6.40. The van der Waals surface area contributed by atoms with Gasteiger partial charge in [0.05, 0.1) is 6.10 Å². The number of hydrogen-bond acceptors (Lipinski definition) is 4. The molecular formula is C14H24N2O2. The highest BCUT2D eigenvalue weighted by molar-refractivity contribution is 5.27. The van der Waals surface area contributed by atoms with Crippen LogP contribution in [0.3, 0.4) is 0 Å². The number of aliphatic hydroxyl groups excluding tert-OH is 1. The van der Waals surface area contributed by atoms with Crippen LogP contribution in [0, 0.1) is 0 Å². The first kappa shape index (κ1) is 15.0. The number of benzene rings is 1. The third-order valence-electron chi connectivity index (χ3n) is 2.67. The lowest BCUT2D eigenvalue weighted by atomic mass is 10.1. The van der Waals surface area contributed by atoms with Gasteiger partial charge in [-0.25, -0.2) is 0 Å². The highest BCUT2D eigenvalue weighted by Crippen LogP contribution is 2.12. The minimum atomic E-state index is -0.300. The Bertz CT molecular complexity index is 325. The quantitative estimate of drug-likeness (QED) is 0.721. The standard InChI is InChI=1S/C14H24N2O2/c1-12(17)11-16(2)9-10-18-14-5-3-13(4-6-14)7-8-15/h3-6,12,17H,7-11,15H2,1-2H3. The molecule has 0 aliphatic rings. The van der Waals surface area contributed by atoms with Crippen molar-refractivity contribution < 1.29 is 9.84 Å². The van der Waals surface area contributed by atoms with Gasteiger partial charge in [-0.2, -0.15) is 0 Å². The van der Waals surface area contributed by atoms with Crippen molar-refractivity contribution in [3.8, 4) is 5.75 Å². The molecule has 0 saturated heterocycles. The summed E-state index contributed by atoms with van der Waals surface area (Å²) >= 11 is 0. The van der Waals surface area contributed by atoms with Crippen molar-refractivity contribution in [1.82, 2.24) is 4.90 Å². The number of ether oxygens (including phenoxy) is 1. The smallest absolute Gasteiger partial charge is 0.119 e. The second-order valence-electron chi connectivity index (χ2n) is 4.64. The van der Waals surface area contributed by atoms with Crippen LogP contribution in [-0.2, 0) is 6.42 Å². The molecule has 0 aromatic heterocycles. The van der Waals surface area contributed by atoms with E-state index in [0.29, 0.717) is 19.7 Å². The molecule has 1 aromatic carbocycles. The van der Waals surface area contributed by atoms with E-state index < -0.39 is 0 Å². The van der Waals surface area contributed by atoms with Gasteiger partial charge in [-0.15, -0.1) is 0 Å². The maximum absolute atomic E-state index is 9.23. The molecule has 4 heteroatoms. The van der Waals surface area contributed by atoms with E-state index >= 15 is 0 Å². The normalized spacial score (nSPS) is 12.7. The van der Waals surface area contributed by atoms with E-state index in [4.69, 9.17) is 10.5 Å². The Morgan fingerprint density at radius 1 is 1.33 bits per heavy atom. The fourth-order valence-corrected chi connectivity index (χ4v) is 1.78. The molecule has 1 atom stereocenters. The van der Waals surface area contributed by atoms with Crippen LogP contribution in [0.25, 0.3) is 0 Å². The van der Waals surface area contributed by atoms with E-state index in [1.807, 2.05) is 36.2 Å². The highest BCUT2D eigenvalue weighted by atomic mass is 16.5. The van der Waals surface area contributed by atoms with Crippen LogP contribution < -0.4 is 10.5 Å². The van der Waals surface area contributed by atoms with Gasteiger partial charge in [-0.3, -0.25) is 0 Å². The molecule has 1 aromatic rings. The zero-order valence-corrected chi connectivity index (χ0v) is 11.3. The molecule has 0 spiro atoms. The summed E-state index contributed by atoms with van der Waals surface area (Å²) in [6, 6.07) is 8.03. The third kappa shape index (κ3) is 6.00. The summed E-state index contributed by atoms with van der Waals surface area (Å²) in [6.07, 6.45) is 0.600. The second kappa shape index (κ2) is 8.08. The molecule has 0 amide bonds. The van der Waals surface area contributed by atoms with Gasteiger partial charge in [0, 0.05) is 13.1 Å². The summed E-state index contributed by atoms with van der Waals surface area (Å²) in [5, 5.41) is 9.23. The van der Waals surface area contributed by atoms with Gasteiger partial charge in [-0.05, 0) is 44.6 Å². The van der Waals surface area contributed by atoms with Crippen molar-refractivity contribution in [3.05, 3.63) is 29.8 Å². The van der Waals surface area contributed by atoms with E-state index in [1.165, 1.54) is 5.56 Å². The van der Waals surface area contributed by atoms with Gasteiger partial charge < -0.3 is 20.5 Å². The van der Waals surface area contributed by atoms with Gasteiger partial charge in [0.1, 0.15) is 12.4 Å². The van der Waals surface area contributed by atoms with E-state index in [2.05, 4.69) is 0 Å². The Morgan fingerprint density at radius 2 is 2.00 bits per heavy atom. The Hall–Kier alpha value is -1.10. The Balaban J connectivity index is 2.26. The van der Waals surface area contributed by atoms with Crippen LogP contribution in [0.1, 0.15) is 12.5 Å². The van der Waals surface area contributed by atoms with Crippen molar-refractivity contribution in [2.24, 2.45) is 5.73 Å². The summed E-state index contributed by atoms with van der Waals surface area (Å²) < 4.78 is 5.64. The summed E-state index contributed by atoms with van der Waals surface area (Å²) in [5.74, 6) is 0.876. The minimum absolute atomic E-state index is 0.300. The van der Waals surface area contributed by atoms with Crippen molar-refractivity contribution >= 4 is 0 Å². The Labute approximate surface area is 109 Å². The average Bonchev–Trinajstić information content (AvgIpc) is 2.31.